The minimum atomic E-state index is 0.590. The van der Waals surface area contributed by atoms with Gasteiger partial charge in [0, 0.05) is 5.92 Å². The van der Waals surface area contributed by atoms with E-state index in [0.717, 1.165) is 5.75 Å². The zero-order valence-electron chi connectivity index (χ0n) is 12.6. The second-order valence-electron chi connectivity index (χ2n) is 5.86. The van der Waals surface area contributed by atoms with Crippen molar-refractivity contribution in [2.45, 2.75) is 12.3 Å². The van der Waals surface area contributed by atoms with Crippen LogP contribution in [0.1, 0.15) is 23.5 Å². The summed E-state index contributed by atoms with van der Waals surface area (Å²) in [6, 6.07) is 23.6. The maximum absolute atomic E-state index is 5.20. The summed E-state index contributed by atoms with van der Waals surface area (Å²) in [5.74, 6) is 1.50. The van der Waals surface area contributed by atoms with Crippen LogP contribution in [0.4, 0.5) is 0 Å². The predicted molar refractivity (Wildman–Crippen MR) is 92.3 cm³/mol. The molecule has 4 rings (SSSR count). The van der Waals surface area contributed by atoms with Crippen molar-refractivity contribution >= 4 is 16.8 Å². The number of fused-ring (bicyclic) bond motifs is 1. The first-order chi connectivity index (χ1) is 10.8. The van der Waals surface area contributed by atoms with Gasteiger partial charge >= 0.3 is 0 Å². The van der Waals surface area contributed by atoms with Gasteiger partial charge in [0.1, 0.15) is 5.75 Å². The summed E-state index contributed by atoms with van der Waals surface area (Å²) < 4.78 is 5.20. The molecule has 1 atom stereocenters. The Labute approximate surface area is 130 Å². The fourth-order valence-electron chi connectivity index (χ4n) is 3.01. The van der Waals surface area contributed by atoms with Gasteiger partial charge in [-0.2, -0.15) is 0 Å². The van der Waals surface area contributed by atoms with Crippen LogP contribution in [0, 0.1) is 0 Å². The van der Waals surface area contributed by atoms with E-state index in [1.54, 1.807) is 7.11 Å². The van der Waals surface area contributed by atoms with E-state index in [1.165, 1.54) is 33.9 Å². The van der Waals surface area contributed by atoms with Crippen LogP contribution < -0.4 is 4.74 Å². The molecule has 3 aromatic rings. The Hall–Kier alpha value is -2.54. The molecule has 0 amide bonds. The first-order valence-corrected chi connectivity index (χ1v) is 7.67. The van der Waals surface area contributed by atoms with E-state index in [2.05, 4.69) is 60.7 Å². The van der Waals surface area contributed by atoms with Crippen molar-refractivity contribution in [3.05, 3.63) is 83.4 Å². The van der Waals surface area contributed by atoms with Crippen LogP contribution in [-0.4, -0.2) is 7.11 Å². The Balaban J connectivity index is 1.58. The average Bonchev–Trinajstić information content (AvgIpc) is 3.34. The van der Waals surface area contributed by atoms with E-state index in [4.69, 9.17) is 4.74 Å². The third kappa shape index (κ3) is 2.50. The number of benzene rings is 3. The number of ether oxygens (including phenoxy) is 1. The lowest BCUT2D eigenvalue weighted by Crippen LogP contribution is -1.82. The van der Waals surface area contributed by atoms with Gasteiger partial charge in [0.15, 0.2) is 0 Å². The summed E-state index contributed by atoms with van der Waals surface area (Å²) in [4.78, 5) is 0. The molecule has 1 saturated carbocycles. The smallest absolute Gasteiger partial charge is 0.118 e. The van der Waals surface area contributed by atoms with E-state index >= 15 is 0 Å². The van der Waals surface area contributed by atoms with E-state index in [9.17, 15) is 0 Å². The summed E-state index contributed by atoms with van der Waals surface area (Å²) in [7, 11) is 1.70. The van der Waals surface area contributed by atoms with Crippen molar-refractivity contribution < 1.29 is 4.74 Å². The van der Waals surface area contributed by atoms with E-state index in [-0.39, 0.29) is 0 Å². The first kappa shape index (κ1) is 13.1. The molecule has 1 fully saturated rings. The Bertz CT molecular complexity index is 843. The second-order valence-corrected chi connectivity index (χ2v) is 5.86. The van der Waals surface area contributed by atoms with Crippen molar-refractivity contribution in [2.24, 2.45) is 0 Å². The van der Waals surface area contributed by atoms with Gasteiger partial charge in [0.25, 0.3) is 0 Å². The van der Waals surface area contributed by atoms with E-state index < -0.39 is 0 Å². The molecule has 1 aliphatic carbocycles. The average molecular weight is 286 g/mol. The van der Waals surface area contributed by atoms with Crippen molar-refractivity contribution in [2.75, 3.05) is 7.11 Å². The molecular formula is C21H18O. The van der Waals surface area contributed by atoms with Gasteiger partial charge in [-0.1, -0.05) is 66.2 Å². The molecule has 0 unspecified atom stereocenters. The molecule has 1 heteroatoms. The zero-order chi connectivity index (χ0) is 14.9. The highest BCUT2D eigenvalue weighted by Gasteiger charge is 2.30. The number of hydrogen-bond donors (Lipinski definition) is 0. The fraction of sp³-hybridized carbons (Fsp3) is 0.143. The molecule has 108 valence electrons. The summed E-state index contributed by atoms with van der Waals surface area (Å²) >= 11 is 0. The highest BCUT2D eigenvalue weighted by Crippen LogP contribution is 2.48. The summed E-state index contributed by atoms with van der Waals surface area (Å²) in [5, 5.41) is 2.64. The highest BCUT2D eigenvalue weighted by atomic mass is 16.5. The summed E-state index contributed by atoms with van der Waals surface area (Å²) in [6.07, 6.45) is 3.48. The SMILES string of the molecule is COc1ccc(/C=C2/C[C@H]2c2ccc3ccccc3c2)cc1. The third-order valence-electron chi connectivity index (χ3n) is 4.37. The van der Waals surface area contributed by atoms with Crippen molar-refractivity contribution in [3.63, 3.8) is 0 Å². The van der Waals surface area contributed by atoms with Crippen molar-refractivity contribution in [3.8, 4) is 5.75 Å². The van der Waals surface area contributed by atoms with Gasteiger partial charge < -0.3 is 4.74 Å². The van der Waals surface area contributed by atoms with Gasteiger partial charge in [0.2, 0.25) is 0 Å². The monoisotopic (exact) mass is 286 g/mol. The van der Waals surface area contributed by atoms with Gasteiger partial charge in [-0.15, -0.1) is 0 Å². The third-order valence-corrected chi connectivity index (χ3v) is 4.37. The van der Waals surface area contributed by atoms with Crippen LogP contribution in [0.15, 0.2) is 72.3 Å². The standard InChI is InChI=1S/C21H18O/c1-22-20-10-6-15(7-11-20)12-19-14-21(19)18-9-8-16-4-2-3-5-17(16)13-18/h2-13,21H,14H2,1H3/b19-12-/t21-/m0/s1. The van der Waals surface area contributed by atoms with E-state index in [1.807, 2.05) is 12.1 Å². The number of allylic oxidation sites excluding steroid dienone is 1. The van der Waals surface area contributed by atoms with Crippen molar-refractivity contribution in [1.82, 2.24) is 0 Å². The molecule has 0 saturated heterocycles. The lowest BCUT2D eigenvalue weighted by molar-refractivity contribution is 0.415. The summed E-state index contributed by atoms with van der Waals surface area (Å²) in [6.45, 7) is 0. The quantitative estimate of drug-likeness (QED) is 0.624. The molecular weight excluding hydrogens is 268 g/mol. The molecule has 0 bridgehead atoms. The molecule has 22 heavy (non-hydrogen) atoms. The maximum atomic E-state index is 5.20. The first-order valence-electron chi connectivity index (χ1n) is 7.67. The van der Waals surface area contributed by atoms with Crippen LogP contribution in [-0.2, 0) is 0 Å². The summed E-state index contributed by atoms with van der Waals surface area (Å²) in [5.41, 5.74) is 4.19. The molecule has 0 spiro atoms. The molecule has 0 radical (unpaired) electrons. The molecule has 0 aromatic heterocycles. The molecule has 0 heterocycles. The maximum Gasteiger partial charge on any atom is 0.118 e. The van der Waals surface area contributed by atoms with Crippen LogP contribution >= 0.6 is 0 Å². The highest BCUT2D eigenvalue weighted by molar-refractivity contribution is 5.83. The van der Waals surface area contributed by atoms with Crippen LogP contribution in [0.3, 0.4) is 0 Å². The predicted octanol–water partition coefficient (Wildman–Crippen LogP) is 5.42. The van der Waals surface area contributed by atoms with Gasteiger partial charge in [0.05, 0.1) is 7.11 Å². The Kier molecular flexibility index (Phi) is 3.19. The molecule has 3 aromatic carbocycles. The lowest BCUT2D eigenvalue weighted by atomic mass is 10.0. The topological polar surface area (TPSA) is 9.23 Å². The van der Waals surface area contributed by atoms with Crippen LogP contribution in [0.5, 0.6) is 5.75 Å². The van der Waals surface area contributed by atoms with Crippen LogP contribution in [0.25, 0.3) is 16.8 Å². The van der Waals surface area contributed by atoms with Crippen LogP contribution in [0.2, 0.25) is 0 Å². The Morgan fingerprint density at radius 3 is 2.45 bits per heavy atom. The molecule has 0 N–H and O–H groups in total. The largest absolute Gasteiger partial charge is 0.497 e. The van der Waals surface area contributed by atoms with Crippen molar-refractivity contribution in [1.29, 1.82) is 0 Å². The number of methoxy groups -OCH3 is 1. The molecule has 1 nitrogen and oxygen atoms in total. The van der Waals surface area contributed by atoms with Gasteiger partial charge in [-0.25, -0.2) is 0 Å². The molecule has 1 aliphatic rings. The molecule has 0 aliphatic heterocycles. The Morgan fingerprint density at radius 1 is 0.909 bits per heavy atom. The van der Waals surface area contributed by atoms with Gasteiger partial charge in [-0.05, 0) is 40.5 Å². The fourth-order valence-corrected chi connectivity index (χ4v) is 3.01. The Morgan fingerprint density at radius 2 is 1.68 bits per heavy atom. The lowest BCUT2D eigenvalue weighted by Gasteiger charge is -2.01. The van der Waals surface area contributed by atoms with E-state index in [0.29, 0.717) is 5.92 Å². The second kappa shape index (κ2) is 5.34. The minimum absolute atomic E-state index is 0.590. The normalized spacial score (nSPS) is 18.6. The number of rotatable bonds is 3. The zero-order valence-corrected chi connectivity index (χ0v) is 12.6. The minimum Gasteiger partial charge on any atom is -0.497 e. The van der Waals surface area contributed by atoms with Gasteiger partial charge in [-0.3, -0.25) is 0 Å². The number of hydrogen-bond acceptors (Lipinski definition) is 1.